The summed E-state index contributed by atoms with van der Waals surface area (Å²) in [6.07, 6.45) is 3.69. The number of phenolic OH excluding ortho intramolecular Hbond substituents is 2. The van der Waals surface area contributed by atoms with Crippen molar-refractivity contribution < 1.29 is 10.2 Å². The van der Waals surface area contributed by atoms with Gasteiger partial charge in [-0.3, -0.25) is 0 Å². The molecule has 0 spiro atoms. The maximum absolute atomic E-state index is 9.40. The zero-order valence-corrected chi connectivity index (χ0v) is 10.5. The van der Waals surface area contributed by atoms with E-state index < -0.39 is 0 Å². The summed E-state index contributed by atoms with van der Waals surface area (Å²) in [7, 11) is 0. The van der Waals surface area contributed by atoms with E-state index in [4.69, 9.17) is 0 Å². The highest BCUT2D eigenvalue weighted by atomic mass is 16.3. The molecule has 94 valence electrons. The zero-order chi connectivity index (χ0) is 12.5. The van der Waals surface area contributed by atoms with E-state index in [-0.39, 0.29) is 11.5 Å². The Hall–Kier alpha value is -1.22. The lowest BCUT2D eigenvalue weighted by Crippen LogP contribution is -2.26. The van der Waals surface area contributed by atoms with Crippen LogP contribution in [0, 0.1) is 5.41 Å². The van der Waals surface area contributed by atoms with Gasteiger partial charge in [-0.05, 0) is 42.4 Å². The second-order valence-corrected chi connectivity index (χ2v) is 5.81. The van der Waals surface area contributed by atoms with E-state index in [1.54, 1.807) is 6.07 Å². The highest BCUT2D eigenvalue weighted by molar-refractivity contribution is 5.40. The summed E-state index contributed by atoms with van der Waals surface area (Å²) in [4.78, 5) is 0. The van der Waals surface area contributed by atoms with Crippen molar-refractivity contribution in [1.29, 1.82) is 0 Å². The van der Waals surface area contributed by atoms with Gasteiger partial charge in [-0.2, -0.15) is 0 Å². The number of hydrogen-bond acceptors (Lipinski definition) is 3. The molecule has 0 aromatic heterocycles. The quantitative estimate of drug-likeness (QED) is 0.706. The molecule has 0 heterocycles. The van der Waals surface area contributed by atoms with Crippen molar-refractivity contribution >= 4 is 0 Å². The first-order valence-electron chi connectivity index (χ1n) is 6.20. The normalized spacial score (nSPS) is 22.8. The molecule has 0 saturated heterocycles. The summed E-state index contributed by atoms with van der Waals surface area (Å²) in [5.41, 5.74) is 1.46. The third-order valence-electron chi connectivity index (χ3n) is 3.60. The first-order valence-corrected chi connectivity index (χ1v) is 6.20. The molecular weight excluding hydrogens is 214 g/mol. The number of rotatable bonds is 3. The maximum Gasteiger partial charge on any atom is 0.157 e. The van der Waals surface area contributed by atoms with E-state index in [2.05, 4.69) is 19.2 Å². The average molecular weight is 235 g/mol. The fraction of sp³-hybridized carbons (Fsp3) is 0.571. The number of aromatic hydroxyl groups is 2. The Morgan fingerprint density at radius 1 is 1.29 bits per heavy atom. The van der Waals surface area contributed by atoms with Gasteiger partial charge in [0.15, 0.2) is 11.5 Å². The third kappa shape index (κ3) is 3.13. The fourth-order valence-electron chi connectivity index (χ4n) is 2.55. The van der Waals surface area contributed by atoms with Gasteiger partial charge >= 0.3 is 0 Å². The molecular formula is C14H21NO2. The molecule has 3 N–H and O–H groups in total. The SMILES string of the molecule is CC1(C)CCC(NCc2ccc(O)c(O)c2)C1. The van der Waals surface area contributed by atoms with Crippen LogP contribution in [-0.2, 0) is 6.54 Å². The minimum absolute atomic E-state index is 0.0453. The Bertz CT molecular complexity index is 401. The highest BCUT2D eigenvalue weighted by Gasteiger charge is 2.30. The van der Waals surface area contributed by atoms with E-state index in [0.29, 0.717) is 11.5 Å². The second-order valence-electron chi connectivity index (χ2n) is 5.81. The van der Waals surface area contributed by atoms with E-state index >= 15 is 0 Å². The van der Waals surface area contributed by atoms with Crippen LogP contribution >= 0.6 is 0 Å². The minimum Gasteiger partial charge on any atom is -0.504 e. The molecule has 17 heavy (non-hydrogen) atoms. The molecule has 0 amide bonds. The van der Waals surface area contributed by atoms with Gasteiger partial charge in [0.05, 0.1) is 0 Å². The van der Waals surface area contributed by atoms with E-state index in [1.165, 1.54) is 25.3 Å². The van der Waals surface area contributed by atoms with Crippen LogP contribution in [0.15, 0.2) is 18.2 Å². The largest absolute Gasteiger partial charge is 0.504 e. The standard InChI is InChI=1S/C14H21NO2/c1-14(2)6-5-11(8-14)15-9-10-3-4-12(16)13(17)7-10/h3-4,7,11,15-17H,5-6,8-9H2,1-2H3. The molecule has 1 aromatic rings. The number of nitrogens with one attached hydrogen (secondary N) is 1. The Morgan fingerprint density at radius 2 is 2.06 bits per heavy atom. The monoisotopic (exact) mass is 235 g/mol. The van der Waals surface area contributed by atoms with Crippen molar-refractivity contribution in [2.75, 3.05) is 0 Å². The molecule has 1 aliphatic carbocycles. The molecule has 1 aliphatic rings. The van der Waals surface area contributed by atoms with Crippen molar-refractivity contribution in [3.8, 4) is 11.5 Å². The van der Waals surface area contributed by atoms with Gasteiger partial charge in [-0.1, -0.05) is 19.9 Å². The highest BCUT2D eigenvalue weighted by Crippen LogP contribution is 2.37. The second kappa shape index (κ2) is 4.57. The molecule has 1 atom stereocenters. The summed E-state index contributed by atoms with van der Waals surface area (Å²) in [6.45, 7) is 5.36. The predicted octanol–water partition coefficient (Wildman–Crippen LogP) is 2.77. The summed E-state index contributed by atoms with van der Waals surface area (Å²) in [6, 6.07) is 5.55. The summed E-state index contributed by atoms with van der Waals surface area (Å²) in [5, 5.41) is 22.1. The summed E-state index contributed by atoms with van der Waals surface area (Å²) < 4.78 is 0. The third-order valence-corrected chi connectivity index (χ3v) is 3.60. The molecule has 0 bridgehead atoms. The molecule has 1 aromatic carbocycles. The predicted molar refractivity (Wildman–Crippen MR) is 68.0 cm³/mol. The fourth-order valence-corrected chi connectivity index (χ4v) is 2.55. The Labute approximate surface area is 102 Å². The van der Waals surface area contributed by atoms with Crippen LogP contribution < -0.4 is 5.32 Å². The first kappa shape index (κ1) is 12.2. The van der Waals surface area contributed by atoms with Crippen LogP contribution in [0.4, 0.5) is 0 Å². The van der Waals surface area contributed by atoms with Gasteiger partial charge in [-0.25, -0.2) is 0 Å². The summed E-state index contributed by atoms with van der Waals surface area (Å²) >= 11 is 0. The van der Waals surface area contributed by atoms with Crippen LogP contribution in [0.2, 0.25) is 0 Å². The zero-order valence-electron chi connectivity index (χ0n) is 10.5. The van der Waals surface area contributed by atoms with Crippen molar-refractivity contribution in [2.24, 2.45) is 5.41 Å². The smallest absolute Gasteiger partial charge is 0.157 e. The molecule has 1 saturated carbocycles. The molecule has 3 heteroatoms. The van der Waals surface area contributed by atoms with E-state index in [1.807, 2.05) is 6.07 Å². The number of benzene rings is 1. The van der Waals surface area contributed by atoms with Gasteiger partial charge < -0.3 is 15.5 Å². The lowest BCUT2D eigenvalue weighted by molar-refractivity contribution is 0.364. The molecule has 2 rings (SSSR count). The maximum atomic E-state index is 9.40. The summed E-state index contributed by atoms with van der Waals surface area (Å²) in [5.74, 6) is -0.105. The minimum atomic E-state index is -0.0595. The lowest BCUT2D eigenvalue weighted by atomic mass is 9.92. The number of hydrogen-bond donors (Lipinski definition) is 3. The van der Waals surface area contributed by atoms with Crippen molar-refractivity contribution in [3.63, 3.8) is 0 Å². The van der Waals surface area contributed by atoms with Crippen LogP contribution in [-0.4, -0.2) is 16.3 Å². The molecule has 3 nitrogen and oxygen atoms in total. The van der Waals surface area contributed by atoms with Crippen LogP contribution in [0.25, 0.3) is 0 Å². The van der Waals surface area contributed by atoms with Crippen molar-refractivity contribution in [2.45, 2.75) is 45.7 Å². The molecule has 0 aliphatic heterocycles. The van der Waals surface area contributed by atoms with Gasteiger partial charge in [-0.15, -0.1) is 0 Å². The van der Waals surface area contributed by atoms with Gasteiger partial charge in [0.25, 0.3) is 0 Å². The number of phenols is 2. The van der Waals surface area contributed by atoms with Crippen LogP contribution in [0.3, 0.4) is 0 Å². The van der Waals surface area contributed by atoms with Crippen molar-refractivity contribution in [3.05, 3.63) is 23.8 Å². The molecule has 1 fully saturated rings. The van der Waals surface area contributed by atoms with Gasteiger partial charge in [0.2, 0.25) is 0 Å². The lowest BCUT2D eigenvalue weighted by Gasteiger charge is -2.18. The Kier molecular flexibility index (Phi) is 3.29. The van der Waals surface area contributed by atoms with Gasteiger partial charge in [0.1, 0.15) is 0 Å². The average Bonchev–Trinajstić information content (AvgIpc) is 2.60. The molecule has 0 radical (unpaired) electrons. The first-order chi connectivity index (χ1) is 7.96. The topological polar surface area (TPSA) is 52.5 Å². The Balaban J connectivity index is 1.88. The Morgan fingerprint density at radius 3 is 2.65 bits per heavy atom. The van der Waals surface area contributed by atoms with E-state index in [9.17, 15) is 10.2 Å². The van der Waals surface area contributed by atoms with Gasteiger partial charge in [0, 0.05) is 12.6 Å². The van der Waals surface area contributed by atoms with Crippen LogP contribution in [0.5, 0.6) is 11.5 Å². The van der Waals surface area contributed by atoms with Crippen LogP contribution in [0.1, 0.15) is 38.7 Å². The molecule has 1 unspecified atom stereocenters. The van der Waals surface area contributed by atoms with E-state index in [0.717, 1.165) is 12.1 Å². The van der Waals surface area contributed by atoms with Crippen molar-refractivity contribution in [1.82, 2.24) is 5.32 Å².